The molecule has 51 heavy (non-hydrogen) atoms. The van der Waals surface area contributed by atoms with E-state index >= 15 is 0 Å². The normalized spacial score (nSPS) is 15.8. The Morgan fingerprint density at radius 2 is 1.33 bits per heavy atom. The molecule has 0 saturated carbocycles. The lowest BCUT2D eigenvalue weighted by molar-refractivity contribution is -0.870. The summed E-state index contributed by atoms with van der Waals surface area (Å²) in [4.78, 5) is 25.1. The summed E-state index contributed by atoms with van der Waals surface area (Å²) in [6.45, 7) is 4.44. The maximum absolute atomic E-state index is 12.8. The number of likely N-dealkylation sites (N-methyl/N-ethyl adjacent to an activating group) is 1. The second-order valence-electron chi connectivity index (χ2n) is 14.5. The number of unbranched alkanes of at least 4 members (excludes halogenated alkanes) is 13. The Kier molecular flexibility index (Phi) is 31.6. The van der Waals surface area contributed by atoms with Gasteiger partial charge in [0.2, 0.25) is 5.91 Å². The van der Waals surface area contributed by atoms with Crippen LogP contribution in [-0.2, 0) is 18.4 Å². The first-order valence-corrected chi connectivity index (χ1v) is 21.2. The zero-order chi connectivity index (χ0) is 38.1. The molecular weight excluding hydrogens is 663 g/mol. The lowest BCUT2D eigenvalue weighted by atomic mass is 10.1. The minimum absolute atomic E-state index is 0.0256. The molecular formula is C41H75N2O7P. The summed E-state index contributed by atoms with van der Waals surface area (Å²) in [5.41, 5.74) is 0. The van der Waals surface area contributed by atoms with Gasteiger partial charge in [-0.05, 0) is 51.4 Å². The topological polar surface area (TPSA) is 128 Å². The molecule has 0 aliphatic rings. The number of carbonyl (C=O) groups is 1. The van der Waals surface area contributed by atoms with E-state index in [1.54, 1.807) is 12.2 Å². The summed E-state index contributed by atoms with van der Waals surface area (Å²) in [5, 5.41) is 23.7. The number of rotatable bonds is 34. The van der Waals surface area contributed by atoms with Crippen LogP contribution >= 0.6 is 7.82 Å². The molecule has 1 amide bonds. The van der Waals surface area contributed by atoms with Crippen LogP contribution in [0.1, 0.15) is 136 Å². The summed E-state index contributed by atoms with van der Waals surface area (Å²) in [5.74, 6) is -0.284. The molecule has 0 aromatic heterocycles. The third kappa shape index (κ3) is 35.0. The number of carbonyl (C=O) groups excluding carboxylic acids is 1. The van der Waals surface area contributed by atoms with Crippen molar-refractivity contribution in [2.45, 2.75) is 154 Å². The number of nitrogens with zero attached hydrogens (tertiary/aromatic N) is 1. The monoisotopic (exact) mass is 739 g/mol. The van der Waals surface area contributed by atoms with E-state index in [0.29, 0.717) is 30.3 Å². The molecule has 0 rings (SSSR count). The van der Waals surface area contributed by atoms with Gasteiger partial charge in [0, 0.05) is 6.42 Å². The van der Waals surface area contributed by atoms with E-state index in [0.717, 1.165) is 32.1 Å². The Labute approximate surface area is 312 Å². The van der Waals surface area contributed by atoms with Gasteiger partial charge >= 0.3 is 0 Å². The van der Waals surface area contributed by atoms with Gasteiger partial charge in [0.05, 0.1) is 46.0 Å². The highest BCUT2D eigenvalue weighted by molar-refractivity contribution is 7.45. The molecule has 1 unspecified atom stereocenters. The number of hydrogen-bond donors (Lipinski definition) is 3. The van der Waals surface area contributed by atoms with Crippen molar-refractivity contribution in [1.29, 1.82) is 0 Å². The quantitative estimate of drug-likeness (QED) is 0.0198. The summed E-state index contributed by atoms with van der Waals surface area (Å²) in [6.07, 6.45) is 37.2. The number of allylic oxidation sites excluding steroid dienone is 7. The van der Waals surface area contributed by atoms with Crippen LogP contribution in [0.4, 0.5) is 0 Å². The predicted molar refractivity (Wildman–Crippen MR) is 211 cm³/mol. The first kappa shape index (κ1) is 49.2. The minimum atomic E-state index is -4.61. The van der Waals surface area contributed by atoms with E-state index in [1.165, 1.54) is 64.2 Å². The second kappa shape index (κ2) is 32.8. The average molecular weight is 739 g/mol. The van der Waals surface area contributed by atoms with E-state index in [-0.39, 0.29) is 18.9 Å². The molecule has 0 fully saturated rings. The summed E-state index contributed by atoms with van der Waals surface area (Å²) >= 11 is 0. The number of hydrogen-bond acceptors (Lipinski definition) is 7. The van der Waals surface area contributed by atoms with Crippen molar-refractivity contribution < 1.29 is 38.0 Å². The molecule has 0 spiro atoms. The minimum Gasteiger partial charge on any atom is -0.756 e. The van der Waals surface area contributed by atoms with Crippen molar-refractivity contribution in [3.05, 3.63) is 60.8 Å². The molecule has 0 aromatic carbocycles. The van der Waals surface area contributed by atoms with Gasteiger partial charge in [-0.25, -0.2) is 0 Å². The molecule has 9 nitrogen and oxygen atoms in total. The lowest BCUT2D eigenvalue weighted by Gasteiger charge is -2.29. The molecule has 4 atom stereocenters. The maximum atomic E-state index is 12.8. The summed E-state index contributed by atoms with van der Waals surface area (Å²) < 4.78 is 23.0. The summed E-state index contributed by atoms with van der Waals surface area (Å²) in [6, 6.07) is -0.936. The van der Waals surface area contributed by atoms with Crippen LogP contribution in [0.25, 0.3) is 0 Å². The van der Waals surface area contributed by atoms with Crippen LogP contribution in [0.15, 0.2) is 60.8 Å². The summed E-state index contributed by atoms with van der Waals surface area (Å²) in [7, 11) is 1.17. The van der Waals surface area contributed by atoms with Crippen molar-refractivity contribution in [1.82, 2.24) is 5.32 Å². The van der Waals surface area contributed by atoms with Crippen LogP contribution in [0, 0.1) is 0 Å². The standard InChI is InChI=1S/C41H75N2O7P/c1-6-8-10-12-14-15-16-17-21-25-29-33-40(45)39(37-50-51(47,48)49-36-35-43(3,4)5)42-41(46)34-30-26-22-18-20-24-28-32-38(44)31-27-23-19-13-11-9-7-2/h18-19,22-24,27-29,31,33,38-40,44-45H,6-17,20-21,25-26,30,32,34-37H2,1-5H3,(H-,42,46,47,48)/b22-18+,23-19-,28-24-,31-27-,33-29+/t38-,39-,40+/m0/s1. The van der Waals surface area contributed by atoms with Crippen molar-refractivity contribution in [2.24, 2.45) is 0 Å². The van der Waals surface area contributed by atoms with Gasteiger partial charge in [-0.1, -0.05) is 139 Å². The fourth-order valence-corrected chi connectivity index (χ4v) is 5.77. The van der Waals surface area contributed by atoms with Crippen LogP contribution in [0.5, 0.6) is 0 Å². The molecule has 0 aliphatic heterocycles. The van der Waals surface area contributed by atoms with Crippen molar-refractivity contribution in [3.63, 3.8) is 0 Å². The van der Waals surface area contributed by atoms with Gasteiger partial charge in [-0.15, -0.1) is 0 Å². The zero-order valence-electron chi connectivity index (χ0n) is 32.9. The van der Waals surface area contributed by atoms with Gasteiger partial charge in [0.25, 0.3) is 7.82 Å². The highest BCUT2D eigenvalue weighted by atomic mass is 31.2. The third-order valence-electron chi connectivity index (χ3n) is 8.30. The molecule has 0 aliphatic carbocycles. The molecule has 0 aromatic rings. The molecule has 0 saturated heterocycles. The largest absolute Gasteiger partial charge is 0.756 e. The molecule has 0 radical (unpaired) electrons. The van der Waals surface area contributed by atoms with E-state index < -0.39 is 32.7 Å². The van der Waals surface area contributed by atoms with Crippen LogP contribution in [0.2, 0.25) is 0 Å². The van der Waals surface area contributed by atoms with Crippen LogP contribution < -0.4 is 10.2 Å². The number of phosphoric acid groups is 1. The van der Waals surface area contributed by atoms with Crippen LogP contribution in [-0.4, -0.2) is 79.8 Å². The molecule has 3 N–H and O–H groups in total. The average Bonchev–Trinajstić information content (AvgIpc) is 3.07. The maximum Gasteiger partial charge on any atom is 0.268 e. The second-order valence-corrected chi connectivity index (χ2v) is 15.9. The Morgan fingerprint density at radius 3 is 2.02 bits per heavy atom. The fourth-order valence-electron chi connectivity index (χ4n) is 5.05. The zero-order valence-corrected chi connectivity index (χ0v) is 33.8. The van der Waals surface area contributed by atoms with Crippen LogP contribution in [0.3, 0.4) is 0 Å². The number of nitrogens with one attached hydrogen (secondary N) is 1. The third-order valence-corrected chi connectivity index (χ3v) is 9.27. The van der Waals surface area contributed by atoms with Gasteiger partial charge < -0.3 is 34.0 Å². The number of aliphatic hydroxyl groups excluding tert-OH is 2. The highest BCUT2D eigenvalue weighted by Crippen LogP contribution is 2.38. The Balaban J connectivity index is 4.69. The Hall–Kier alpha value is -1.84. The van der Waals surface area contributed by atoms with E-state index in [2.05, 4.69) is 25.2 Å². The van der Waals surface area contributed by atoms with Gasteiger partial charge in [-0.3, -0.25) is 9.36 Å². The predicted octanol–water partition coefficient (Wildman–Crippen LogP) is 8.63. The first-order valence-electron chi connectivity index (χ1n) is 19.8. The van der Waals surface area contributed by atoms with E-state index in [4.69, 9.17) is 9.05 Å². The van der Waals surface area contributed by atoms with E-state index in [1.807, 2.05) is 63.7 Å². The molecule has 10 heteroatoms. The van der Waals surface area contributed by atoms with Crippen molar-refractivity contribution in [2.75, 3.05) is 40.9 Å². The number of aliphatic hydroxyl groups is 2. The van der Waals surface area contributed by atoms with Crippen molar-refractivity contribution in [3.8, 4) is 0 Å². The first-order chi connectivity index (χ1) is 24.4. The highest BCUT2D eigenvalue weighted by Gasteiger charge is 2.23. The molecule has 296 valence electrons. The lowest BCUT2D eigenvalue weighted by Crippen LogP contribution is -2.45. The molecule has 0 bridgehead atoms. The molecule has 0 heterocycles. The van der Waals surface area contributed by atoms with Gasteiger partial charge in [0.1, 0.15) is 13.2 Å². The van der Waals surface area contributed by atoms with E-state index in [9.17, 15) is 24.5 Å². The number of amides is 1. The fraction of sp³-hybridized carbons (Fsp3) is 0.732. The SMILES string of the molecule is CCCCC/C=C\C=C/[C@H](O)C/C=C\C/C=C/CCCC(=O)N[C@@H](COP(=O)([O-])OCC[N+](C)(C)C)[C@H](O)/C=C/CCCCCCCCCCC. The number of quaternary nitrogens is 1. The number of phosphoric ester groups is 1. The van der Waals surface area contributed by atoms with Gasteiger partial charge in [-0.2, -0.15) is 0 Å². The van der Waals surface area contributed by atoms with Gasteiger partial charge in [0.15, 0.2) is 0 Å². The smallest absolute Gasteiger partial charge is 0.268 e. The Morgan fingerprint density at radius 1 is 0.745 bits per heavy atom. The van der Waals surface area contributed by atoms with Crippen molar-refractivity contribution >= 4 is 13.7 Å². The Bertz CT molecular complexity index is 1040.